The van der Waals surface area contributed by atoms with E-state index in [4.69, 9.17) is 14.2 Å². The van der Waals surface area contributed by atoms with Crippen molar-refractivity contribution in [2.75, 3.05) is 43.7 Å². The third kappa shape index (κ3) is 4.42. The van der Waals surface area contributed by atoms with E-state index in [9.17, 15) is 14.7 Å². The van der Waals surface area contributed by atoms with Crippen LogP contribution in [-0.2, 0) is 9.59 Å². The van der Waals surface area contributed by atoms with Gasteiger partial charge in [0.25, 0.3) is 11.7 Å². The van der Waals surface area contributed by atoms with Gasteiger partial charge in [0.05, 0.1) is 37.6 Å². The first-order valence-electron chi connectivity index (χ1n) is 12.6. The average Bonchev–Trinajstić information content (AvgIpc) is 3.21. The minimum atomic E-state index is -0.919. The summed E-state index contributed by atoms with van der Waals surface area (Å²) >= 11 is 0. The van der Waals surface area contributed by atoms with E-state index < -0.39 is 17.7 Å². The second-order valence-corrected chi connectivity index (χ2v) is 9.21. The van der Waals surface area contributed by atoms with E-state index in [-0.39, 0.29) is 11.3 Å². The van der Waals surface area contributed by atoms with Gasteiger partial charge in [0.15, 0.2) is 0 Å². The number of fused-ring (bicyclic) bond motifs is 1. The van der Waals surface area contributed by atoms with E-state index in [1.165, 1.54) is 12.0 Å². The summed E-state index contributed by atoms with van der Waals surface area (Å²) in [7, 11) is 3.47. The predicted octanol–water partition coefficient (Wildman–Crippen LogP) is 4.94. The molecule has 3 aromatic rings. The zero-order valence-corrected chi connectivity index (χ0v) is 21.6. The van der Waals surface area contributed by atoms with E-state index in [0.29, 0.717) is 53.8 Å². The minimum Gasteiger partial charge on any atom is -0.507 e. The van der Waals surface area contributed by atoms with Gasteiger partial charge in [0.2, 0.25) is 0 Å². The SMILES string of the molecule is CCCOc1cccc(N2C(=O)C(=O)/C(=C(/O)c3ccc4c(c3)N(C)CCO4)C2c2ccccc2OC)c1. The third-order valence-electron chi connectivity index (χ3n) is 6.77. The van der Waals surface area contributed by atoms with Crippen LogP contribution in [0.15, 0.2) is 72.3 Å². The van der Waals surface area contributed by atoms with Crippen LogP contribution in [0.2, 0.25) is 0 Å². The molecule has 5 rings (SSSR count). The highest BCUT2D eigenvalue weighted by atomic mass is 16.5. The molecule has 0 bridgehead atoms. The fourth-order valence-corrected chi connectivity index (χ4v) is 4.88. The van der Waals surface area contributed by atoms with Crippen LogP contribution in [0.5, 0.6) is 17.2 Å². The standard InChI is InChI=1S/C30H30N2O6/c1-4-15-37-21-9-7-8-20(18-21)32-27(22-10-5-6-11-24(22)36-3)26(29(34)30(32)35)28(33)19-12-13-25-23(17-19)31(2)14-16-38-25/h5-13,17-18,27,33H,4,14-16H2,1-3H3/b28-26+. The molecule has 1 amide bonds. The number of aliphatic hydroxyl groups excluding tert-OH is 1. The highest BCUT2D eigenvalue weighted by Gasteiger charge is 2.48. The Balaban J connectivity index is 1.69. The van der Waals surface area contributed by atoms with Gasteiger partial charge in [-0.3, -0.25) is 14.5 Å². The van der Waals surface area contributed by atoms with Crippen molar-refractivity contribution in [1.82, 2.24) is 0 Å². The number of ketones is 1. The van der Waals surface area contributed by atoms with Crippen molar-refractivity contribution in [2.45, 2.75) is 19.4 Å². The van der Waals surface area contributed by atoms with Crippen molar-refractivity contribution >= 4 is 28.8 Å². The maximum absolute atomic E-state index is 13.6. The van der Waals surface area contributed by atoms with E-state index in [0.717, 1.165) is 12.1 Å². The normalized spacial score (nSPS) is 18.2. The number of carbonyl (C=O) groups is 2. The number of amides is 1. The number of methoxy groups -OCH3 is 1. The molecule has 0 spiro atoms. The van der Waals surface area contributed by atoms with Gasteiger partial charge in [-0.1, -0.05) is 31.2 Å². The second-order valence-electron chi connectivity index (χ2n) is 9.21. The maximum Gasteiger partial charge on any atom is 0.300 e. The lowest BCUT2D eigenvalue weighted by molar-refractivity contribution is -0.132. The molecule has 2 aliphatic heterocycles. The molecule has 0 saturated carbocycles. The lowest BCUT2D eigenvalue weighted by Crippen LogP contribution is -2.29. The van der Waals surface area contributed by atoms with Crippen LogP contribution in [-0.4, -0.2) is 50.7 Å². The first kappa shape index (κ1) is 25.2. The van der Waals surface area contributed by atoms with Gasteiger partial charge in [-0.25, -0.2) is 0 Å². The van der Waals surface area contributed by atoms with Crippen molar-refractivity contribution in [1.29, 1.82) is 0 Å². The number of carbonyl (C=O) groups excluding carboxylic acids is 2. The Hall–Kier alpha value is -4.46. The molecule has 1 fully saturated rings. The molecule has 1 atom stereocenters. The number of likely N-dealkylation sites (N-methyl/N-ethyl adjacent to an activating group) is 1. The first-order valence-corrected chi connectivity index (χ1v) is 12.6. The number of nitrogens with zero attached hydrogens (tertiary/aromatic N) is 2. The van der Waals surface area contributed by atoms with E-state index in [1.807, 2.05) is 31.0 Å². The molecular weight excluding hydrogens is 484 g/mol. The van der Waals surface area contributed by atoms with Crippen LogP contribution in [0, 0.1) is 0 Å². The van der Waals surface area contributed by atoms with E-state index in [1.54, 1.807) is 54.6 Å². The molecule has 0 radical (unpaired) electrons. The van der Waals surface area contributed by atoms with Crippen molar-refractivity contribution in [3.63, 3.8) is 0 Å². The van der Waals surface area contributed by atoms with Crippen LogP contribution in [0.4, 0.5) is 11.4 Å². The smallest absolute Gasteiger partial charge is 0.300 e. The molecular formula is C30H30N2O6. The number of ether oxygens (including phenoxy) is 3. The monoisotopic (exact) mass is 514 g/mol. The molecule has 1 saturated heterocycles. The molecule has 8 heteroatoms. The zero-order chi connectivity index (χ0) is 26.8. The van der Waals surface area contributed by atoms with Crippen LogP contribution in [0.25, 0.3) is 5.76 Å². The maximum atomic E-state index is 13.6. The topological polar surface area (TPSA) is 88.5 Å². The largest absolute Gasteiger partial charge is 0.507 e. The molecule has 1 unspecified atom stereocenters. The van der Waals surface area contributed by atoms with Gasteiger partial charge in [-0.2, -0.15) is 0 Å². The summed E-state index contributed by atoms with van der Waals surface area (Å²) in [6, 6.07) is 18.6. The fraction of sp³-hybridized carbons (Fsp3) is 0.267. The summed E-state index contributed by atoms with van der Waals surface area (Å²) in [4.78, 5) is 30.6. The molecule has 3 aromatic carbocycles. The fourth-order valence-electron chi connectivity index (χ4n) is 4.88. The minimum absolute atomic E-state index is 0.0151. The number of hydrogen-bond donors (Lipinski definition) is 1. The van der Waals surface area contributed by atoms with E-state index >= 15 is 0 Å². The van der Waals surface area contributed by atoms with Gasteiger partial charge < -0.3 is 24.2 Å². The second kappa shape index (κ2) is 10.5. The molecule has 8 nitrogen and oxygen atoms in total. The van der Waals surface area contributed by atoms with Crippen molar-refractivity contribution in [3.8, 4) is 17.2 Å². The Morgan fingerprint density at radius 1 is 1.08 bits per heavy atom. The first-order chi connectivity index (χ1) is 18.4. The van der Waals surface area contributed by atoms with Crippen LogP contribution in [0.3, 0.4) is 0 Å². The molecule has 38 heavy (non-hydrogen) atoms. The summed E-state index contributed by atoms with van der Waals surface area (Å²) in [5.74, 6) is -0.00743. The number of hydrogen-bond acceptors (Lipinski definition) is 7. The number of para-hydroxylation sites is 1. The van der Waals surface area contributed by atoms with Gasteiger partial charge in [0, 0.05) is 29.9 Å². The van der Waals surface area contributed by atoms with Crippen molar-refractivity contribution in [2.24, 2.45) is 0 Å². The quantitative estimate of drug-likeness (QED) is 0.271. The van der Waals surface area contributed by atoms with Crippen LogP contribution >= 0.6 is 0 Å². The Bertz CT molecular complexity index is 1420. The Labute approximate surface area is 221 Å². The summed E-state index contributed by atoms with van der Waals surface area (Å²) < 4.78 is 17.1. The van der Waals surface area contributed by atoms with Crippen molar-refractivity contribution in [3.05, 3.63) is 83.4 Å². The molecule has 0 aromatic heterocycles. The third-order valence-corrected chi connectivity index (χ3v) is 6.77. The highest BCUT2D eigenvalue weighted by molar-refractivity contribution is 6.51. The highest BCUT2D eigenvalue weighted by Crippen LogP contribution is 2.46. The van der Waals surface area contributed by atoms with Gasteiger partial charge in [-0.05, 0) is 42.8 Å². The molecule has 1 N–H and O–H groups in total. The molecule has 0 aliphatic carbocycles. The molecule has 2 heterocycles. The summed E-state index contributed by atoms with van der Waals surface area (Å²) in [5.41, 5.74) is 2.25. The molecule has 196 valence electrons. The van der Waals surface area contributed by atoms with E-state index in [2.05, 4.69) is 0 Å². The zero-order valence-electron chi connectivity index (χ0n) is 21.6. The predicted molar refractivity (Wildman–Crippen MR) is 145 cm³/mol. The Morgan fingerprint density at radius 3 is 2.68 bits per heavy atom. The van der Waals surface area contributed by atoms with Crippen LogP contribution in [0.1, 0.15) is 30.5 Å². The Kier molecular flexibility index (Phi) is 6.96. The molecule has 2 aliphatic rings. The van der Waals surface area contributed by atoms with Gasteiger partial charge >= 0.3 is 0 Å². The number of benzene rings is 3. The lowest BCUT2D eigenvalue weighted by Gasteiger charge is -2.28. The summed E-state index contributed by atoms with van der Waals surface area (Å²) in [6.45, 7) is 3.79. The van der Waals surface area contributed by atoms with Crippen LogP contribution < -0.4 is 24.0 Å². The van der Waals surface area contributed by atoms with Crippen molar-refractivity contribution < 1.29 is 28.9 Å². The number of aliphatic hydroxyl groups is 1. The average molecular weight is 515 g/mol. The number of rotatable bonds is 7. The van der Waals surface area contributed by atoms with Gasteiger partial charge in [-0.15, -0.1) is 0 Å². The Morgan fingerprint density at radius 2 is 1.89 bits per heavy atom. The summed E-state index contributed by atoms with van der Waals surface area (Å²) in [6.07, 6.45) is 0.830. The van der Waals surface area contributed by atoms with Gasteiger partial charge in [0.1, 0.15) is 29.6 Å². The lowest BCUT2D eigenvalue weighted by atomic mass is 9.94. The number of anilines is 2. The number of Topliss-reactive ketones (excluding diaryl/α,β-unsaturated/α-hetero) is 1. The summed E-state index contributed by atoms with van der Waals surface area (Å²) in [5, 5.41) is 11.6.